The Morgan fingerprint density at radius 2 is 0.596 bits per heavy atom. The highest BCUT2D eigenvalue weighted by Crippen LogP contribution is 2.32. The fraction of sp³-hybridized carbons (Fsp3) is 0.108. The first-order valence-corrected chi connectivity index (χ1v) is 31.5. The van der Waals surface area contributed by atoms with E-state index in [4.69, 9.17) is 67.3 Å². The zero-order valence-electron chi connectivity index (χ0n) is 50.4. The molecule has 10 aromatic carbocycles. The Morgan fingerprint density at radius 3 is 0.936 bits per heavy atom. The summed E-state index contributed by atoms with van der Waals surface area (Å²) in [7, 11) is 0. The molecule has 0 saturated heterocycles. The van der Waals surface area contributed by atoms with Crippen molar-refractivity contribution in [2.24, 2.45) is 0 Å². The first-order valence-electron chi connectivity index (χ1n) is 30.4. The Balaban J connectivity index is 0.000000279. The minimum absolute atomic E-state index is 0.230. The predicted octanol–water partition coefficient (Wildman–Crippen LogP) is 15.0. The quantitative estimate of drug-likeness (QED) is 0.0854. The summed E-state index contributed by atoms with van der Waals surface area (Å²) in [4.78, 5) is 29.9. The van der Waals surface area contributed by atoms with Gasteiger partial charge in [0, 0.05) is 45.1 Å². The third-order valence-corrected chi connectivity index (χ3v) is 16.5. The molecule has 0 spiro atoms. The van der Waals surface area contributed by atoms with E-state index < -0.39 is 0 Å². The van der Waals surface area contributed by atoms with Crippen molar-refractivity contribution < 1.29 is 14.2 Å². The van der Waals surface area contributed by atoms with E-state index in [1.807, 2.05) is 164 Å². The van der Waals surface area contributed by atoms with Crippen LogP contribution < -0.4 is 14.2 Å². The Kier molecular flexibility index (Phi) is 16.7. The normalized spacial score (nSPS) is 12.4. The van der Waals surface area contributed by atoms with Crippen LogP contribution in [0.15, 0.2) is 237 Å². The van der Waals surface area contributed by atoms with Crippen LogP contribution in [0.5, 0.6) is 17.2 Å². The van der Waals surface area contributed by atoms with Crippen LogP contribution in [0.25, 0.3) is 101 Å². The molecule has 24 bridgehead atoms. The maximum atomic E-state index is 6.18. The topological polar surface area (TPSA) is 197 Å². The van der Waals surface area contributed by atoms with Crippen molar-refractivity contribution in [3.05, 3.63) is 271 Å². The van der Waals surface area contributed by atoms with Crippen molar-refractivity contribution in [2.45, 2.75) is 39.5 Å². The van der Waals surface area contributed by atoms with Crippen LogP contribution in [0.4, 0.5) is 0 Å². The number of nitrogens with zero attached hydrogens (tertiary/aromatic N) is 15. The van der Waals surface area contributed by atoms with E-state index in [9.17, 15) is 0 Å². The highest BCUT2D eigenvalue weighted by molar-refractivity contribution is 6.26. The molecule has 0 N–H and O–H groups in total. The van der Waals surface area contributed by atoms with E-state index in [0.717, 1.165) is 50.1 Å². The number of alkyl halides is 2. The van der Waals surface area contributed by atoms with E-state index in [1.165, 1.54) is 32.3 Å². The molecule has 0 aliphatic carbocycles. The van der Waals surface area contributed by atoms with E-state index in [-0.39, 0.29) is 19.8 Å². The third kappa shape index (κ3) is 13.4. The van der Waals surface area contributed by atoms with Crippen LogP contribution >= 0.6 is 23.2 Å². The van der Waals surface area contributed by atoms with Crippen molar-refractivity contribution in [1.82, 2.24) is 74.9 Å². The van der Waals surface area contributed by atoms with Crippen LogP contribution in [-0.2, 0) is 39.5 Å². The molecule has 32 heterocycles. The molecule has 94 heavy (non-hydrogen) atoms. The fourth-order valence-corrected chi connectivity index (χ4v) is 11.1. The zero-order valence-corrected chi connectivity index (χ0v) is 51.9. The van der Waals surface area contributed by atoms with Crippen LogP contribution in [-0.4, -0.2) is 86.6 Å². The Bertz CT molecular complexity index is 4720. The maximum absolute atomic E-state index is 6.18. The molecular formula is C74H55Cl2N15O3. The average molecular weight is 1270 g/mol. The number of ether oxygens (including phenoxy) is 3. The minimum atomic E-state index is 0.230. The molecule has 15 aromatic rings. The summed E-state index contributed by atoms with van der Waals surface area (Å²) in [6.45, 7) is 2.21. The summed E-state index contributed by atoms with van der Waals surface area (Å²) in [6, 6.07) is 73.4. The predicted molar refractivity (Wildman–Crippen MR) is 363 cm³/mol. The molecule has 0 atom stereocenters. The second-order valence-corrected chi connectivity index (χ2v) is 23.2. The molecule has 0 saturated carbocycles. The highest BCUT2D eigenvalue weighted by Gasteiger charge is 2.18. The number of rotatable bonds is 1. The fourth-order valence-electron chi connectivity index (χ4n) is 11.1. The summed E-state index contributed by atoms with van der Waals surface area (Å²) in [5, 5.41) is 34.3. The summed E-state index contributed by atoms with van der Waals surface area (Å²) >= 11 is 10.1. The second-order valence-electron chi connectivity index (χ2n) is 22.4. The van der Waals surface area contributed by atoms with E-state index >= 15 is 0 Å². The van der Waals surface area contributed by atoms with Crippen LogP contribution in [0, 0.1) is 0 Å². The Labute approximate surface area is 549 Å². The molecule has 27 aliphatic rings. The van der Waals surface area contributed by atoms with Gasteiger partial charge in [-0.25, -0.2) is 43.9 Å². The van der Waals surface area contributed by atoms with Crippen molar-refractivity contribution >= 4 is 55.5 Å². The summed E-state index contributed by atoms with van der Waals surface area (Å²) in [5.41, 5.74) is 10.0. The molecular weight excluding hydrogens is 1220 g/mol. The van der Waals surface area contributed by atoms with Gasteiger partial charge in [-0.1, -0.05) is 149 Å². The van der Waals surface area contributed by atoms with Gasteiger partial charge >= 0.3 is 0 Å². The smallest absolute Gasteiger partial charge is 0.164 e. The van der Waals surface area contributed by atoms with Crippen molar-refractivity contribution in [3.63, 3.8) is 0 Å². The molecule has 0 unspecified atom stereocenters. The number of benzene rings is 10. The molecule has 0 amide bonds. The summed E-state index contributed by atoms with van der Waals surface area (Å²) < 4.78 is 23.9. The number of hydrogen-bond acceptors (Lipinski definition) is 15. The average Bonchev–Trinajstić information content (AvgIpc) is 0.873. The zero-order chi connectivity index (χ0) is 63.2. The van der Waals surface area contributed by atoms with Crippen molar-refractivity contribution in [2.75, 3.05) is 11.8 Å². The molecule has 42 rings (SSSR count). The van der Waals surface area contributed by atoms with E-state index in [0.29, 0.717) is 101 Å². The second kappa shape index (κ2) is 26.7. The first-order chi connectivity index (χ1) is 46.3. The first kappa shape index (κ1) is 58.8. The lowest BCUT2D eigenvalue weighted by Gasteiger charge is -2.11. The lowest BCUT2D eigenvalue weighted by atomic mass is 9.98. The molecule has 18 nitrogen and oxygen atoms in total. The van der Waals surface area contributed by atoms with E-state index in [1.54, 1.807) is 14.0 Å². The van der Waals surface area contributed by atoms with Gasteiger partial charge in [-0.3, -0.25) is 0 Å². The van der Waals surface area contributed by atoms with Gasteiger partial charge < -0.3 is 14.2 Å². The van der Waals surface area contributed by atoms with Crippen LogP contribution in [0.1, 0.15) is 33.8 Å². The Hall–Kier alpha value is -11.6. The molecule has 27 aliphatic heterocycles. The van der Waals surface area contributed by atoms with Gasteiger partial charge in [-0.2, -0.15) is 0 Å². The van der Waals surface area contributed by atoms with Gasteiger partial charge in [0.25, 0.3) is 0 Å². The van der Waals surface area contributed by atoms with Crippen molar-refractivity contribution in [3.8, 4) is 85.6 Å². The van der Waals surface area contributed by atoms with Crippen LogP contribution in [0.3, 0.4) is 0 Å². The lowest BCUT2D eigenvalue weighted by molar-refractivity contribution is 0.301. The van der Waals surface area contributed by atoms with Gasteiger partial charge in [0.2, 0.25) is 0 Å². The maximum Gasteiger partial charge on any atom is 0.164 e. The van der Waals surface area contributed by atoms with E-state index in [2.05, 4.69) is 104 Å². The highest BCUT2D eigenvalue weighted by atomic mass is 35.5. The standard InChI is InChI=1S/C54H39N15O3.C18H12.C2H4Cl2/c1-7-37-8-2-34(1)25-67-28-43(61-64-67)31-70-46-19-13-40(14-20-46)52-58-53-41-15-21-47(22-16-41)71-32-44-29-68(65-62-44)26-35-3-9-38(10-4-35)50-55-49(37)56-51(57-50)39-11-5-36(6-12-39)27-69-30-45(63-66-69)33-72-48-23-17-42(18-24-48)54(59-52)60-53;1-2-7-15-12-18-16(11-14(15)6-1)10-9-13-5-3-4-8-17(13)18;3-1-2-4/h1-24,28-30H,25-27,31-33H2;1-12H;1-2H2. The number of fused-ring (bicyclic) bond motifs is 4. The SMILES string of the molecule is ClCCCl.c1cc2ccc1Cn1cc(nn1)COc1ccc(cc1)-c1nc3nc(n1)-c1ccc(cc1)OCc1cn(nn1)Cc1ccc(cc1)-c1nc-2nc(n1)-c1ccc(cc1)Cn1cc(nn1)COc1ccc-3cc1.c1ccc2cc3c(ccc4ccccc43)cc2c1. The summed E-state index contributed by atoms with van der Waals surface area (Å²) in [5.74, 6) is 6.19. The number of aromatic nitrogens is 15. The third-order valence-electron chi connectivity index (χ3n) is 15.9. The lowest BCUT2D eigenvalue weighted by Crippen LogP contribution is -2.03. The number of hydrogen-bond donors (Lipinski definition) is 0. The van der Waals surface area contributed by atoms with Gasteiger partial charge in [-0.15, -0.1) is 38.5 Å². The van der Waals surface area contributed by atoms with Crippen molar-refractivity contribution in [1.29, 1.82) is 0 Å². The molecule has 0 radical (unpaired) electrons. The van der Waals surface area contributed by atoms with Gasteiger partial charge in [0.1, 0.15) is 54.2 Å². The van der Waals surface area contributed by atoms with Gasteiger partial charge in [0.05, 0.1) is 38.2 Å². The van der Waals surface area contributed by atoms with Gasteiger partial charge in [0.15, 0.2) is 34.9 Å². The van der Waals surface area contributed by atoms with Crippen LogP contribution in [0.2, 0.25) is 0 Å². The molecule has 20 heteroatoms. The molecule has 458 valence electrons. The number of halogens is 2. The molecule has 0 fully saturated rings. The molecule has 5 aromatic heterocycles. The van der Waals surface area contributed by atoms with Gasteiger partial charge in [-0.05, 0) is 134 Å². The monoisotopic (exact) mass is 1270 g/mol. The minimum Gasteiger partial charge on any atom is -0.487 e. The Morgan fingerprint density at radius 1 is 0.298 bits per heavy atom. The largest absolute Gasteiger partial charge is 0.487 e. The summed E-state index contributed by atoms with van der Waals surface area (Å²) in [6.07, 6.45) is 5.66.